The van der Waals surface area contributed by atoms with Crippen molar-refractivity contribution in [3.8, 4) is 0 Å². The third-order valence-corrected chi connectivity index (χ3v) is 5.69. The predicted molar refractivity (Wildman–Crippen MR) is 80.4 cm³/mol. The zero-order chi connectivity index (χ0) is 14.2. The molecule has 1 amide bonds. The van der Waals surface area contributed by atoms with Gasteiger partial charge >= 0.3 is 0 Å². The first-order valence-corrected chi connectivity index (χ1v) is 8.27. The fraction of sp³-hybridized carbons (Fsp3) is 0.562. The number of carbonyl (C=O) groups is 1. The Morgan fingerprint density at radius 3 is 2.75 bits per heavy atom. The molecule has 1 heterocycles. The van der Waals surface area contributed by atoms with E-state index < -0.39 is 0 Å². The maximum absolute atomic E-state index is 13.0. The Balaban J connectivity index is 1.62. The lowest BCUT2D eigenvalue weighted by Crippen LogP contribution is -2.34. The second-order valence-electron chi connectivity index (χ2n) is 6.14. The van der Waals surface area contributed by atoms with Crippen molar-refractivity contribution in [2.24, 2.45) is 0 Å². The Bertz CT molecular complexity index is 500. The molecular formula is C16H20FNOS. The molecule has 4 heteroatoms. The molecule has 1 saturated heterocycles. The van der Waals surface area contributed by atoms with Crippen molar-refractivity contribution in [3.05, 3.63) is 35.6 Å². The van der Waals surface area contributed by atoms with Gasteiger partial charge in [-0.15, -0.1) is 11.8 Å². The minimum Gasteiger partial charge on any atom is -0.341 e. The molecule has 2 fully saturated rings. The highest BCUT2D eigenvalue weighted by Crippen LogP contribution is 2.36. The van der Waals surface area contributed by atoms with E-state index in [9.17, 15) is 9.18 Å². The molecule has 1 atom stereocenters. The van der Waals surface area contributed by atoms with E-state index in [1.165, 1.54) is 25.0 Å². The summed E-state index contributed by atoms with van der Waals surface area (Å²) in [5.74, 6) is 0.668. The lowest BCUT2D eigenvalue weighted by molar-refractivity contribution is -0.127. The van der Waals surface area contributed by atoms with Crippen molar-refractivity contribution in [1.29, 1.82) is 0 Å². The Labute approximate surface area is 123 Å². The molecule has 0 radical (unpaired) electrons. The molecule has 0 spiro atoms. The van der Waals surface area contributed by atoms with Crippen molar-refractivity contribution in [2.45, 2.75) is 36.9 Å². The van der Waals surface area contributed by atoms with Gasteiger partial charge in [0, 0.05) is 23.8 Å². The Morgan fingerprint density at radius 1 is 1.40 bits per heavy atom. The number of likely N-dealkylation sites (tertiary alicyclic amines) is 1. The highest BCUT2D eigenvalue weighted by molar-refractivity contribution is 8.00. The SMILES string of the molecule is CC1(c2ccc(F)cc2)CCN(C(=O)CSC2CC2)C1. The van der Waals surface area contributed by atoms with E-state index in [-0.39, 0.29) is 17.1 Å². The highest BCUT2D eigenvalue weighted by atomic mass is 32.2. The van der Waals surface area contributed by atoms with Crippen LogP contribution in [0.15, 0.2) is 24.3 Å². The van der Waals surface area contributed by atoms with E-state index in [0.717, 1.165) is 30.3 Å². The van der Waals surface area contributed by atoms with Gasteiger partial charge < -0.3 is 4.90 Å². The first-order chi connectivity index (χ1) is 9.57. The van der Waals surface area contributed by atoms with Gasteiger partial charge in [-0.25, -0.2) is 4.39 Å². The van der Waals surface area contributed by atoms with Crippen LogP contribution in [0.3, 0.4) is 0 Å². The third kappa shape index (κ3) is 3.00. The van der Waals surface area contributed by atoms with Gasteiger partial charge in [-0.1, -0.05) is 19.1 Å². The number of carbonyl (C=O) groups excluding carboxylic acids is 1. The van der Waals surface area contributed by atoms with Gasteiger partial charge in [0.25, 0.3) is 0 Å². The molecule has 20 heavy (non-hydrogen) atoms. The molecule has 3 rings (SSSR count). The lowest BCUT2D eigenvalue weighted by atomic mass is 9.82. The third-order valence-electron chi connectivity index (χ3n) is 4.33. The predicted octanol–water partition coefficient (Wildman–Crippen LogP) is 3.21. The molecule has 1 aromatic rings. The number of benzene rings is 1. The van der Waals surface area contributed by atoms with Crippen LogP contribution in [-0.2, 0) is 10.2 Å². The van der Waals surface area contributed by atoms with Gasteiger partial charge in [0.15, 0.2) is 0 Å². The van der Waals surface area contributed by atoms with Crippen LogP contribution >= 0.6 is 11.8 Å². The maximum atomic E-state index is 13.0. The van der Waals surface area contributed by atoms with Crippen LogP contribution in [0.4, 0.5) is 4.39 Å². The van der Waals surface area contributed by atoms with Gasteiger partial charge in [-0.3, -0.25) is 4.79 Å². The average molecular weight is 293 g/mol. The number of halogens is 1. The van der Waals surface area contributed by atoms with Crippen LogP contribution in [0.5, 0.6) is 0 Å². The molecule has 1 unspecified atom stereocenters. The lowest BCUT2D eigenvalue weighted by Gasteiger charge is -2.25. The number of rotatable bonds is 4. The molecule has 0 N–H and O–H groups in total. The summed E-state index contributed by atoms with van der Waals surface area (Å²) in [5, 5.41) is 0.727. The summed E-state index contributed by atoms with van der Waals surface area (Å²) in [4.78, 5) is 14.2. The van der Waals surface area contributed by atoms with E-state index in [2.05, 4.69) is 6.92 Å². The molecular weight excluding hydrogens is 273 g/mol. The van der Waals surface area contributed by atoms with Crippen LogP contribution in [0.25, 0.3) is 0 Å². The summed E-state index contributed by atoms with van der Waals surface area (Å²) in [5.41, 5.74) is 1.09. The standard InChI is InChI=1S/C16H20FNOS/c1-16(12-2-4-13(17)5-3-12)8-9-18(11-16)15(19)10-20-14-6-7-14/h2-5,14H,6-11H2,1H3. The summed E-state index contributed by atoms with van der Waals surface area (Å²) in [6.07, 6.45) is 3.49. The summed E-state index contributed by atoms with van der Waals surface area (Å²) in [6.45, 7) is 3.74. The Morgan fingerprint density at radius 2 is 2.10 bits per heavy atom. The quantitative estimate of drug-likeness (QED) is 0.849. The van der Waals surface area contributed by atoms with Gasteiger partial charge in [0.1, 0.15) is 5.82 Å². The first-order valence-electron chi connectivity index (χ1n) is 7.22. The fourth-order valence-electron chi connectivity index (χ4n) is 2.78. The minimum absolute atomic E-state index is 0.0341. The van der Waals surface area contributed by atoms with E-state index in [1.807, 2.05) is 17.0 Å². The molecule has 108 valence electrons. The zero-order valence-electron chi connectivity index (χ0n) is 11.8. The zero-order valence-corrected chi connectivity index (χ0v) is 12.6. The van der Waals surface area contributed by atoms with E-state index in [1.54, 1.807) is 11.8 Å². The van der Waals surface area contributed by atoms with Gasteiger partial charge in [0.05, 0.1) is 5.75 Å². The van der Waals surface area contributed by atoms with Crippen LogP contribution < -0.4 is 0 Å². The van der Waals surface area contributed by atoms with Crippen LogP contribution in [0.1, 0.15) is 31.7 Å². The van der Waals surface area contributed by atoms with Crippen molar-refractivity contribution < 1.29 is 9.18 Å². The fourth-order valence-corrected chi connectivity index (χ4v) is 3.81. The van der Waals surface area contributed by atoms with Crippen molar-refractivity contribution in [3.63, 3.8) is 0 Å². The van der Waals surface area contributed by atoms with Crippen LogP contribution in [0.2, 0.25) is 0 Å². The Hall–Kier alpha value is -1.03. The minimum atomic E-state index is -0.205. The largest absolute Gasteiger partial charge is 0.341 e. The number of nitrogens with zero attached hydrogens (tertiary/aromatic N) is 1. The summed E-state index contributed by atoms with van der Waals surface area (Å²) in [7, 11) is 0. The molecule has 1 saturated carbocycles. The van der Waals surface area contributed by atoms with Crippen molar-refractivity contribution in [1.82, 2.24) is 4.90 Å². The highest BCUT2D eigenvalue weighted by Gasteiger charge is 2.37. The topological polar surface area (TPSA) is 20.3 Å². The molecule has 1 aliphatic heterocycles. The second kappa shape index (κ2) is 5.40. The summed E-state index contributed by atoms with van der Waals surface area (Å²) >= 11 is 1.79. The van der Waals surface area contributed by atoms with Gasteiger partial charge in [0.2, 0.25) is 5.91 Å². The first kappa shape index (κ1) is 13.9. The van der Waals surface area contributed by atoms with Gasteiger partial charge in [-0.05, 0) is 37.0 Å². The molecule has 1 aromatic carbocycles. The number of amides is 1. The number of hydrogen-bond acceptors (Lipinski definition) is 2. The molecule has 0 aromatic heterocycles. The normalized spacial score (nSPS) is 26.0. The van der Waals surface area contributed by atoms with Crippen molar-refractivity contribution >= 4 is 17.7 Å². The molecule has 0 bridgehead atoms. The monoisotopic (exact) mass is 293 g/mol. The number of hydrogen-bond donors (Lipinski definition) is 0. The molecule has 2 nitrogen and oxygen atoms in total. The summed E-state index contributed by atoms with van der Waals surface area (Å²) < 4.78 is 13.0. The number of thioether (sulfide) groups is 1. The van der Waals surface area contributed by atoms with Crippen molar-refractivity contribution in [2.75, 3.05) is 18.8 Å². The molecule has 1 aliphatic carbocycles. The van der Waals surface area contributed by atoms with E-state index >= 15 is 0 Å². The van der Waals surface area contributed by atoms with E-state index in [4.69, 9.17) is 0 Å². The summed E-state index contributed by atoms with van der Waals surface area (Å²) in [6, 6.07) is 6.71. The smallest absolute Gasteiger partial charge is 0.232 e. The molecule has 2 aliphatic rings. The van der Waals surface area contributed by atoms with Gasteiger partial charge in [-0.2, -0.15) is 0 Å². The van der Waals surface area contributed by atoms with Crippen LogP contribution in [0, 0.1) is 5.82 Å². The Kier molecular flexibility index (Phi) is 3.76. The maximum Gasteiger partial charge on any atom is 0.232 e. The van der Waals surface area contributed by atoms with Crippen LogP contribution in [-0.4, -0.2) is 34.9 Å². The second-order valence-corrected chi connectivity index (χ2v) is 7.43. The average Bonchev–Trinajstić information content (AvgIpc) is 3.18. The van der Waals surface area contributed by atoms with E-state index in [0.29, 0.717) is 5.75 Å².